The molecule has 2 aromatic rings. The van der Waals surface area contributed by atoms with E-state index in [2.05, 4.69) is 0 Å². The van der Waals surface area contributed by atoms with Crippen LogP contribution in [0.25, 0.3) is 11.1 Å². The van der Waals surface area contributed by atoms with Gasteiger partial charge in [0.1, 0.15) is 0 Å². The maximum Gasteiger partial charge on any atom is 0.172 e. The number of ketones is 4. The predicted octanol–water partition coefficient (Wildman–Crippen LogP) is 4.83. The average Bonchev–Trinajstić information content (AvgIpc) is 2.85. The molecule has 0 aliphatic heterocycles. The normalized spacial score (nSPS) is 27.1. The predicted molar refractivity (Wildman–Crippen MR) is 120 cm³/mol. The summed E-state index contributed by atoms with van der Waals surface area (Å²) in [5.74, 6) is -2.55. The van der Waals surface area contributed by atoms with Crippen molar-refractivity contribution in [2.75, 3.05) is 0 Å². The Morgan fingerprint density at radius 2 is 0.719 bits per heavy atom. The van der Waals surface area contributed by atoms with E-state index in [1.165, 1.54) is 0 Å². The lowest BCUT2D eigenvalue weighted by atomic mass is 9.68. The van der Waals surface area contributed by atoms with Gasteiger partial charge in [-0.05, 0) is 11.1 Å². The number of fused-ring (bicyclic) bond motifs is 4. The molecular weight excluding hydrogens is 400 g/mol. The van der Waals surface area contributed by atoms with E-state index >= 15 is 0 Å². The fraction of sp³-hybridized carbons (Fsp3) is 0.143. The number of carbonyl (C=O) groups is 4. The molecule has 0 saturated carbocycles. The second kappa shape index (κ2) is 6.79. The molecule has 0 bridgehead atoms. The number of hydrogen-bond acceptors (Lipinski definition) is 4. The molecule has 6 rings (SSSR count). The highest BCUT2D eigenvalue weighted by Crippen LogP contribution is 2.43. The molecule has 0 heterocycles. The molecule has 4 aliphatic rings. The molecule has 0 N–H and O–H groups in total. The van der Waals surface area contributed by atoms with Crippen molar-refractivity contribution in [1.29, 1.82) is 0 Å². The van der Waals surface area contributed by atoms with Gasteiger partial charge >= 0.3 is 0 Å². The van der Waals surface area contributed by atoms with Gasteiger partial charge in [-0.25, -0.2) is 0 Å². The molecule has 32 heavy (non-hydrogen) atoms. The summed E-state index contributed by atoms with van der Waals surface area (Å²) < 4.78 is 0. The quantitative estimate of drug-likeness (QED) is 0.665. The van der Waals surface area contributed by atoms with Crippen molar-refractivity contribution in [3.63, 3.8) is 0 Å². The van der Waals surface area contributed by atoms with E-state index in [1.54, 1.807) is 85.0 Å². The largest absolute Gasteiger partial charge is 0.293 e. The smallest absolute Gasteiger partial charge is 0.172 e. The van der Waals surface area contributed by atoms with Crippen LogP contribution in [0.2, 0.25) is 0 Å². The van der Waals surface area contributed by atoms with Crippen LogP contribution in [-0.4, -0.2) is 23.1 Å². The summed E-state index contributed by atoms with van der Waals surface area (Å²) >= 11 is 0. The second-order valence-electron chi connectivity index (χ2n) is 8.56. The first-order chi connectivity index (χ1) is 15.6. The first-order valence-corrected chi connectivity index (χ1v) is 10.7. The van der Waals surface area contributed by atoms with Crippen molar-refractivity contribution in [1.82, 2.24) is 0 Å². The van der Waals surface area contributed by atoms with Crippen LogP contribution in [0.4, 0.5) is 0 Å². The van der Waals surface area contributed by atoms with Crippen LogP contribution in [0, 0.1) is 23.7 Å². The lowest BCUT2D eigenvalue weighted by molar-refractivity contribution is 0.0800. The number of allylic oxidation sites excluding steroid dienone is 8. The van der Waals surface area contributed by atoms with Gasteiger partial charge in [0, 0.05) is 22.3 Å². The molecule has 0 saturated heterocycles. The monoisotopic (exact) mass is 418 g/mol. The van der Waals surface area contributed by atoms with Crippen molar-refractivity contribution < 1.29 is 19.2 Å². The zero-order valence-electron chi connectivity index (χ0n) is 17.0. The molecule has 0 fully saturated rings. The lowest BCUT2D eigenvalue weighted by Crippen LogP contribution is -2.37. The van der Waals surface area contributed by atoms with E-state index in [4.69, 9.17) is 0 Å². The Morgan fingerprint density at radius 3 is 1.09 bits per heavy atom. The van der Waals surface area contributed by atoms with Gasteiger partial charge < -0.3 is 0 Å². The molecule has 0 aromatic heterocycles. The number of benzene rings is 2. The summed E-state index contributed by atoms with van der Waals surface area (Å²) in [5.41, 5.74) is 2.50. The minimum atomic E-state index is -0.547. The van der Waals surface area contributed by atoms with E-state index in [0.29, 0.717) is 33.4 Å². The van der Waals surface area contributed by atoms with Gasteiger partial charge in [0.25, 0.3) is 0 Å². The molecule has 4 atom stereocenters. The Kier molecular flexibility index (Phi) is 3.99. The van der Waals surface area contributed by atoms with E-state index in [-0.39, 0.29) is 23.1 Å². The van der Waals surface area contributed by atoms with Crippen molar-refractivity contribution >= 4 is 23.1 Å². The van der Waals surface area contributed by atoms with Crippen LogP contribution in [0.1, 0.15) is 41.4 Å². The van der Waals surface area contributed by atoms with Gasteiger partial charge in [-0.3, -0.25) is 19.2 Å². The Hall–Kier alpha value is -3.92. The first-order valence-electron chi connectivity index (χ1n) is 10.7. The Bertz CT molecular complexity index is 1260. The van der Waals surface area contributed by atoms with Gasteiger partial charge in [0.05, 0.1) is 23.7 Å². The number of hydrogen-bond donors (Lipinski definition) is 0. The first kappa shape index (κ1) is 18.8. The zero-order valence-corrected chi connectivity index (χ0v) is 17.0. The van der Waals surface area contributed by atoms with Gasteiger partial charge in [0.2, 0.25) is 0 Å². The number of Topliss-reactive ketones (excluding diaryl/α,β-unsaturated/α-hetero) is 4. The molecule has 154 valence electrons. The molecule has 4 unspecified atom stereocenters. The molecular formula is C28H18O4. The topological polar surface area (TPSA) is 68.3 Å². The van der Waals surface area contributed by atoms with Crippen LogP contribution >= 0.6 is 0 Å². The van der Waals surface area contributed by atoms with Gasteiger partial charge in [-0.15, -0.1) is 0 Å². The highest BCUT2D eigenvalue weighted by Gasteiger charge is 2.43. The van der Waals surface area contributed by atoms with Crippen molar-refractivity contribution in [2.24, 2.45) is 23.7 Å². The lowest BCUT2D eigenvalue weighted by Gasteiger charge is -2.32. The SMILES string of the molecule is O=C1c2cccc(-c3cccc4c3C(=O)C3C=CC=CC3C4=O)c2C(=O)C2C=CC=CC12. The molecule has 4 aliphatic carbocycles. The van der Waals surface area contributed by atoms with Crippen molar-refractivity contribution in [3.05, 3.63) is 107 Å². The highest BCUT2D eigenvalue weighted by atomic mass is 16.1. The van der Waals surface area contributed by atoms with E-state index in [9.17, 15) is 19.2 Å². The second-order valence-corrected chi connectivity index (χ2v) is 8.56. The molecule has 0 radical (unpaired) electrons. The zero-order chi connectivity index (χ0) is 22.0. The standard InChI is InChI=1S/C28H18O4/c29-25-17-7-1-3-9-19(17)27(31)23-15(11-5-13-21(23)25)16-12-6-14-22-24(16)28(32)20-10-4-2-8-18(20)26(22)30/h1-14,17-20H. The van der Waals surface area contributed by atoms with E-state index in [1.807, 2.05) is 0 Å². The minimum absolute atomic E-state index is 0.0975. The summed E-state index contributed by atoms with van der Waals surface area (Å²) in [7, 11) is 0. The Balaban J connectivity index is 1.59. The van der Waals surface area contributed by atoms with Crippen molar-refractivity contribution in [3.8, 4) is 11.1 Å². The van der Waals surface area contributed by atoms with Crippen LogP contribution in [-0.2, 0) is 0 Å². The van der Waals surface area contributed by atoms with Gasteiger partial charge in [-0.1, -0.05) is 85.0 Å². The summed E-state index contributed by atoms with van der Waals surface area (Å²) in [6.45, 7) is 0. The van der Waals surface area contributed by atoms with E-state index < -0.39 is 23.7 Å². The molecule has 4 nitrogen and oxygen atoms in total. The number of carbonyl (C=O) groups excluding carboxylic acids is 4. The molecule has 2 aromatic carbocycles. The van der Waals surface area contributed by atoms with E-state index in [0.717, 1.165) is 0 Å². The average molecular weight is 418 g/mol. The van der Waals surface area contributed by atoms with Crippen LogP contribution in [0.3, 0.4) is 0 Å². The third-order valence-electron chi connectivity index (χ3n) is 6.92. The van der Waals surface area contributed by atoms with Gasteiger partial charge in [0.15, 0.2) is 23.1 Å². The molecule has 0 amide bonds. The fourth-order valence-corrected chi connectivity index (χ4v) is 5.40. The number of rotatable bonds is 1. The Morgan fingerprint density at radius 1 is 0.406 bits per heavy atom. The van der Waals surface area contributed by atoms with Crippen LogP contribution in [0.5, 0.6) is 0 Å². The molecule has 0 spiro atoms. The van der Waals surface area contributed by atoms with Gasteiger partial charge in [-0.2, -0.15) is 0 Å². The highest BCUT2D eigenvalue weighted by molar-refractivity contribution is 6.23. The molecule has 4 heteroatoms. The third kappa shape index (κ3) is 2.43. The van der Waals surface area contributed by atoms with Crippen LogP contribution in [0.15, 0.2) is 85.0 Å². The summed E-state index contributed by atoms with van der Waals surface area (Å²) in [5, 5.41) is 0. The Labute approximate surface area is 184 Å². The van der Waals surface area contributed by atoms with Crippen LogP contribution < -0.4 is 0 Å². The van der Waals surface area contributed by atoms with Crippen molar-refractivity contribution in [2.45, 2.75) is 0 Å². The summed E-state index contributed by atoms with van der Waals surface area (Å²) in [4.78, 5) is 53.4. The minimum Gasteiger partial charge on any atom is -0.293 e. The summed E-state index contributed by atoms with van der Waals surface area (Å²) in [6.07, 6.45) is 14.2. The maximum atomic E-state index is 13.5. The third-order valence-corrected chi connectivity index (χ3v) is 6.92. The fourth-order valence-electron chi connectivity index (χ4n) is 5.40. The maximum absolute atomic E-state index is 13.5. The summed E-state index contributed by atoms with van der Waals surface area (Å²) in [6, 6.07) is 10.4.